The molecule has 0 spiro atoms. The Kier molecular flexibility index (Phi) is 6.91. The molecule has 0 aliphatic rings. The van der Waals surface area contributed by atoms with E-state index in [0.717, 1.165) is 17.0 Å². The van der Waals surface area contributed by atoms with Gasteiger partial charge in [0.25, 0.3) is 0 Å². The van der Waals surface area contributed by atoms with Crippen molar-refractivity contribution >= 4 is 29.1 Å². The maximum Gasteiger partial charge on any atom is 0.245 e. The molecule has 1 amide bonds. The van der Waals surface area contributed by atoms with Crippen molar-refractivity contribution in [1.82, 2.24) is 5.06 Å². The number of nitrogens with zero attached hydrogens (tertiary/aromatic N) is 1. The summed E-state index contributed by atoms with van der Waals surface area (Å²) >= 11 is 11.9. The zero-order chi connectivity index (χ0) is 17.5. The van der Waals surface area contributed by atoms with Gasteiger partial charge in [0.05, 0.1) is 10.0 Å². The van der Waals surface area contributed by atoms with Gasteiger partial charge in [-0.1, -0.05) is 42.3 Å². The quantitative estimate of drug-likeness (QED) is 0.530. The number of hydrogen-bond acceptors (Lipinski definition) is 3. The lowest BCUT2D eigenvalue weighted by molar-refractivity contribution is -0.165. The van der Waals surface area contributed by atoms with Crippen molar-refractivity contribution in [2.75, 3.05) is 6.54 Å². The molecule has 0 atom stereocenters. The first kappa shape index (κ1) is 18.6. The van der Waals surface area contributed by atoms with Gasteiger partial charge < -0.3 is 4.74 Å². The van der Waals surface area contributed by atoms with Crippen molar-refractivity contribution in [3.63, 3.8) is 0 Å². The van der Waals surface area contributed by atoms with Gasteiger partial charge in [-0.3, -0.25) is 10.0 Å². The van der Waals surface area contributed by atoms with Gasteiger partial charge in [-0.05, 0) is 42.7 Å². The summed E-state index contributed by atoms with van der Waals surface area (Å²) in [5.41, 5.74) is 1.06. The minimum absolute atomic E-state index is 0.272. The Morgan fingerprint density at radius 1 is 1.12 bits per heavy atom. The van der Waals surface area contributed by atoms with E-state index in [4.69, 9.17) is 27.9 Å². The van der Waals surface area contributed by atoms with E-state index in [1.807, 2.05) is 24.3 Å². The number of carbonyl (C=O) groups excluding carboxylic acids is 1. The third kappa shape index (κ3) is 5.41. The highest BCUT2D eigenvalue weighted by Gasteiger charge is 2.08. The number of hydroxylamine groups is 2. The van der Waals surface area contributed by atoms with Crippen LogP contribution in [0.2, 0.25) is 10.0 Å². The third-order valence-corrected chi connectivity index (χ3v) is 4.19. The maximum atomic E-state index is 11.3. The molecule has 0 radical (unpaired) electrons. The smallest absolute Gasteiger partial charge is 0.245 e. The van der Waals surface area contributed by atoms with Crippen molar-refractivity contribution < 1.29 is 14.7 Å². The fraction of sp³-hybridized carbons (Fsp3) is 0.278. The molecule has 2 rings (SSSR count). The first-order chi connectivity index (χ1) is 11.5. The van der Waals surface area contributed by atoms with Gasteiger partial charge >= 0.3 is 0 Å². The van der Waals surface area contributed by atoms with E-state index in [2.05, 4.69) is 0 Å². The van der Waals surface area contributed by atoms with E-state index in [-0.39, 0.29) is 5.91 Å². The summed E-state index contributed by atoms with van der Waals surface area (Å²) in [6.45, 7) is 2.03. The van der Waals surface area contributed by atoms with Gasteiger partial charge in [0.2, 0.25) is 5.91 Å². The molecule has 2 aromatic rings. The minimum Gasteiger partial charge on any atom is -0.457 e. The summed E-state index contributed by atoms with van der Waals surface area (Å²) in [6.07, 6.45) is 1.69. The van der Waals surface area contributed by atoms with Crippen LogP contribution in [0.15, 0.2) is 42.5 Å². The van der Waals surface area contributed by atoms with Crippen LogP contribution in [0.25, 0.3) is 0 Å². The number of carbonyl (C=O) groups is 1. The van der Waals surface area contributed by atoms with Crippen LogP contribution in [-0.2, 0) is 11.2 Å². The largest absolute Gasteiger partial charge is 0.457 e. The molecule has 128 valence electrons. The number of ether oxygens (including phenoxy) is 1. The normalized spacial score (nSPS) is 10.5. The molecule has 6 heteroatoms. The zero-order valence-electron chi connectivity index (χ0n) is 13.3. The van der Waals surface area contributed by atoms with Gasteiger partial charge in [-0.25, -0.2) is 5.06 Å². The van der Waals surface area contributed by atoms with E-state index in [1.54, 1.807) is 25.1 Å². The van der Waals surface area contributed by atoms with E-state index in [1.165, 1.54) is 0 Å². The summed E-state index contributed by atoms with van der Waals surface area (Å²) in [5, 5.41) is 11.2. The first-order valence-electron chi connectivity index (χ1n) is 7.70. The van der Waals surface area contributed by atoms with Crippen molar-refractivity contribution in [2.45, 2.75) is 26.2 Å². The molecule has 1 N–H and O–H groups in total. The molecule has 2 aromatic carbocycles. The standard InChI is InChI=1S/C18H19Cl2NO3/c1-2-18(22)21(23)10-4-6-13-5-3-7-14(11-13)24-15-8-9-16(19)17(20)12-15/h3,5,7-9,11-12,23H,2,4,6,10H2,1H3. The number of hydrogen-bond donors (Lipinski definition) is 1. The van der Waals surface area contributed by atoms with Gasteiger partial charge in [0.1, 0.15) is 11.5 Å². The molecule has 0 saturated heterocycles. The lowest BCUT2D eigenvalue weighted by Gasteiger charge is -2.14. The van der Waals surface area contributed by atoms with Crippen LogP contribution in [0.1, 0.15) is 25.3 Å². The molecule has 0 fully saturated rings. The summed E-state index contributed by atoms with van der Waals surface area (Å²) < 4.78 is 5.78. The average molecular weight is 368 g/mol. The van der Waals surface area contributed by atoms with E-state index in [0.29, 0.717) is 40.9 Å². The summed E-state index contributed by atoms with van der Waals surface area (Å²) in [5.74, 6) is 1.03. The van der Waals surface area contributed by atoms with Crippen LogP contribution in [0.5, 0.6) is 11.5 Å². The Balaban J connectivity index is 1.93. The number of amides is 1. The van der Waals surface area contributed by atoms with Crippen molar-refractivity contribution in [3.05, 3.63) is 58.1 Å². The lowest BCUT2D eigenvalue weighted by atomic mass is 10.1. The van der Waals surface area contributed by atoms with Crippen LogP contribution < -0.4 is 4.74 Å². The van der Waals surface area contributed by atoms with E-state index in [9.17, 15) is 10.0 Å². The Morgan fingerprint density at radius 3 is 2.58 bits per heavy atom. The highest BCUT2D eigenvalue weighted by atomic mass is 35.5. The first-order valence-corrected chi connectivity index (χ1v) is 8.46. The van der Waals surface area contributed by atoms with Crippen molar-refractivity contribution in [3.8, 4) is 11.5 Å². The number of benzene rings is 2. The molecular weight excluding hydrogens is 349 g/mol. The predicted octanol–water partition coefficient (Wildman–Crippen LogP) is 5.35. The monoisotopic (exact) mass is 367 g/mol. The second-order valence-corrected chi connectivity index (χ2v) is 6.11. The van der Waals surface area contributed by atoms with E-state index >= 15 is 0 Å². The minimum atomic E-state index is -0.272. The Morgan fingerprint density at radius 2 is 1.88 bits per heavy atom. The Bertz CT molecular complexity index is 706. The molecule has 0 bridgehead atoms. The summed E-state index contributed by atoms with van der Waals surface area (Å²) in [6, 6.07) is 12.7. The molecular formula is C18H19Cl2NO3. The highest BCUT2D eigenvalue weighted by molar-refractivity contribution is 6.42. The Labute approximate surface area is 151 Å². The zero-order valence-corrected chi connectivity index (χ0v) is 14.8. The van der Waals surface area contributed by atoms with Gasteiger partial charge in [-0.15, -0.1) is 0 Å². The van der Waals surface area contributed by atoms with Crippen LogP contribution >= 0.6 is 23.2 Å². The van der Waals surface area contributed by atoms with Gasteiger partial charge in [0.15, 0.2) is 0 Å². The number of rotatable bonds is 7. The molecule has 0 aromatic heterocycles. The molecule has 4 nitrogen and oxygen atoms in total. The predicted molar refractivity (Wildman–Crippen MR) is 95.1 cm³/mol. The highest BCUT2D eigenvalue weighted by Crippen LogP contribution is 2.29. The third-order valence-electron chi connectivity index (χ3n) is 3.45. The van der Waals surface area contributed by atoms with Crippen LogP contribution in [-0.4, -0.2) is 22.7 Å². The number of halogens is 2. The van der Waals surface area contributed by atoms with Crippen molar-refractivity contribution in [2.24, 2.45) is 0 Å². The fourth-order valence-electron chi connectivity index (χ4n) is 2.18. The summed E-state index contributed by atoms with van der Waals surface area (Å²) in [4.78, 5) is 11.3. The van der Waals surface area contributed by atoms with Crippen LogP contribution in [0, 0.1) is 0 Å². The Hall–Kier alpha value is -1.75. The second-order valence-electron chi connectivity index (χ2n) is 5.30. The van der Waals surface area contributed by atoms with Crippen LogP contribution in [0.4, 0.5) is 0 Å². The number of aryl methyl sites for hydroxylation is 1. The SMILES string of the molecule is CCC(=O)N(O)CCCc1cccc(Oc2ccc(Cl)c(Cl)c2)c1. The average Bonchev–Trinajstić information content (AvgIpc) is 2.57. The van der Waals surface area contributed by atoms with Gasteiger partial charge in [-0.2, -0.15) is 0 Å². The fourth-order valence-corrected chi connectivity index (χ4v) is 2.47. The molecule has 0 heterocycles. The molecule has 24 heavy (non-hydrogen) atoms. The topological polar surface area (TPSA) is 49.8 Å². The summed E-state index contributed by atoms with van der Waals surface area (Å²) in [7, 11) is 0. The molecule has 0 saturated carbocycles. The second kappa shape index (κ2) is 8.92. The lowest BCUT2D eigenvalue weighted by Crippen LogP contribution is -2.27. The van der Waals surface area contributed by atoms with Crippen LogP contribution in [0.3, 0.4) is 0 Å². The molecule has 0 aliphatic heterocycles. The molecule has 0 aliphatic carbocycles. The van der Waals surface area contributed by atoms with Crippen molar-refractivity contribution in [1.29, 1.82) is 0 Å². The van der Waals surface area contributed by atoms with E-state index < -0.39 is 0 Å². The van der Waals surface area contributed by atoms with Gasteiger partial charge in [0, 0.05) is 19.0 Å². The molecule has 0 unspecified atom stereocenters. The maximum absolute atomic E-state index is 11.3.